The predicted molar refractivity (Wildman–Crippen MR) is 75.2 cm³/mol. The number of hydrogen-bond acceptors (Lipinski definition) is 5. The molecule has 2 heterocycles. The molecule has 1 aromatic heterocycles. The number of benzene rings is 1. The minimum absolute atomic E-state index is 0.885. The number of fused-ring (bicyclic) bond motifs is 1. The van der Waals surface area contributed by atoms with Crippen LogP contribution in [0.15, 0.2) is 18.2 Å². The van der Waals surface area contributed by atoms with Crippen LogP contribution >= 0.6 is 11.3 Å². The maximum atomic E-state index is 5.23. The minimum atomic E-state index is 0.885. The van der Waals surface area contributed by atoms with E-state index in [4.69, 9.17) is 4.74 Å². The van der Waals surface area contributed by atoms with Gasteiger partial charge >= 0.3 is 0 Å². The average molecular weight is 263 g/mol. The number of hydrogen-bond donors (Lipinski definition) is 1. The zero-order valence-electron chi connectivity index (χ0n) is 10.5. The van der Waals surface area contributed by atoms with Crippen molar-refractivity contribution in [1.82, 2.24) is 9.99 Å². The number of methoxy groups -OCH3 is 1. The quantitative estimate of drug-likeness (QED) is 0.923. The molecule has 0 radical (unpaired) electrons. The van der Waals surface area contributed by atoms with Crippen LogP contribution in [0.1, 0.15) is 19.3 Å². The van der Waals surface area contributed by atoms with Gasteiger partial charge in [0.2, 0.25) is 0 Å². The van der Waals surface area contributed by atoms with Crippen LogP contribution in [0.25, 0.3) is 10.2 Å². The molecule has 0 amide bonds. The molecule has 0 atom stereocenters. The van der Waals surface area contributed by atoms with Gasteiger partial charge in [0.05, 0.1) is 17.3 Å². The van der Waals surface area contributed by atoms with Crippen LogP contribution in [-0.4, -0.2) is 30.2 Å². The molecule has 2 aromatic rings. The molecular weight excluding hydrogens is 246 g/mol. The van der Waals surface area contributed by atoms with Gasteiger partial charge in [-0.25, -0.2) is 9.99 Å². The van der Waals surface area contributed by atoms with E-state index in [1.54, 1.807) is 18.4 Å². The van der Waals surface area contributed by atoms with E-state index in [9.17, 15) is 0 Å². The van der Waals surface area contributed by atoms with Crippen LogP contribution < -0.4 is 10.2 Å². The van der Waals surface area contributed by atoms with Crippen LogP contribution in [0.3, 0.4) is 0 Å². The van der Waals surface area contributed by atoms with Crippen molar-refractivity contribution in [2.75, 3.05) is 25.6 Å². The van der Waals surface area contributed by atoms with Crippen molar-refractivity contribution in [1.29, 1.82) is 0 Å². The van der Waals surface area contributed by atoms with Crippen molar-refractivity contribution >= 4 is 26.7 Å². The van der Waals surface area contributed by atoms with E-state index in [-0.39, 0.29) is 0 Å². The van der Waals surface area contributed by atoms with Gasteiger partial charge in [-0.3, -0.25) is 5.43 Å². The number of nitrogens with one attached hydrogen (secondary N) is 1. The van der Waals surface area contributed by atoms with Gasteiger partial charge in [0, 0.05) is 13.1 Å². The second kappa shape index (κ2) is 5.12. The standard InChI is InChI=1S/C13H17N3OS/c1-17-10-5-6-11-12(9-10)18-13(14-11)15-16-7-3-2-4-8-16/h5-6,9H,2-4,7-8H2,1H3,(H,14,15). The van der Waals surface area contributed by atoms with Crippen LogP contribution in [0.5, 0.6) is 5.75 Å². The SMILES string of the molecule is COc1ccc2nc(NN3CCCCC3)sc2c1. The lowest BCUT2D eigenvalue weighted by molar-refractivity contribution is 0.273. The topological polar surface area (TPSA) is 37.4 Å². The van der Waals surface area contributed by atoms with Crippen LogP contribution in [0.4, 0.5) is 5.13 Å². The number of aromatic nitrogens is 1. The fourth-order valence-electron chi connectivity index (χ4n) is 2.22. The molecule has 5 heteroatoms. The second-order valence-electron chi connectivity index (χ2n) is 4.51. The molecule has 18 heavy (non-hydrogen) atoms. The van der Waals surface area contributed by atoms with Gasteiger partial charge in [0.15, 0.2) is 5.13 Å². The van der Waals surface area contributed by atoms with Gasteiger partial charge < -0.3 is 4.74 Å². The van der Waals surface area contributed by atoms with Crippen molar-refractivity contribution in [3.8, 4) is 5.75 Å². The maximum Gasteiger partial charge on any atom is 0.198 e. The Kier molecular flexibility index (Phi) is 3.34. The Bertz CT molecular complexity index is 534. The van der Waals surface area contributed by atoms with E-state index in [2.05, 4.69) is 15.4 Å². The number of ether oxygens (including phenoxy) is 1. The number of rotatable bonds is 3. The molecule has 1 aliphatic rings. The molecule has 0 bridgehead atoms. The summed E-state index contributed by atoms with van der Waals surface area (Å²) in [4.78, 5) is 4.59. The van der Waals surface area contributed by atoms with Gasteiger partial charge in [-0.1, -0.05) is 17.8 Å². The molecule has 0 aliphatic carbocycles. The van der Waals surface area contributed by atoms with Gasteiger partial charge in [0.1, 0.15) is 5.75 Å². The molecule has 1 aliphatic heterocycles. The molecular formula is C13H17N3OS. The van der Waals surface area contributed by atoms with E-state index >= 15 is 0 Å². The molecule has 1 aromatic carbocycles. The lowest BCUT2D eigenvalue weighted by Gasteiger charge is -2.26. The Hall–Kier alpha value is -1.33. The highest BCUT2D eigenvalue weighted by molar-refractivity contribution is 7.22. The lowest BCUT2D eigenvalue weighted by atomic mass is 10.2. The van der Waals surface area contributed by atoms with Crippen LogP contribution in [0.2, 0.25) is 0 Å². The van der Waals surface area contributed by atoms with Crippen molar-refractivity contribution < 1.29 is 4.74 Å². The highest BCUT2D eigenvalue weighted by atomic mass is 32.1. The van der Waals surface area contributed by atoms with Crippen molar-refractivity contribution in [2.45, 2.75) is 19.3 Å². The highest BCUT2D eigenvalue weighted by Crippen LogP contribution is 2.29. The fraction of sp³-hybridized carbons (Fsp3) is 0.462. The van der Waals surface area contributed by atoms with Crippen molar-refractivity contribution in [3.63, 3.8) is 0 Å². The zero-order valence-corrected chi connectivity index (χ0v) is 11.3. The summed E-state index contributed by atoms with van der Waals surface area (Å²) in [5.41, 5.74) is 4.44. The molecule has 0 spiro atoms. The zero-order chi connectivity index (χ0) is 12.4. The molecule has 4 nitrogen and oxygen atoms in total. The first kappa shape index (κ1) is 11.7. The summed E-state index contributed by atoms with van der Waals surface area (Å²) < 4.78 is 6.39. The van der Waals surface area contributed by atoms with E-state index in [1.165, 1.54) is 19.3 Å². The Morgan fingerprint density at radius 2 is 2.11 bits per heavy atom. The first-order chi connectivity index (χ1) is 8.85. The predicted octanol–water partition coefficient (Wildman–Crippen LogP) is 3.12. The van der Waals surface area contributed by atoms with Crippen LogP contribution in [0, 0.1) is 0 Å². The molecule has 0 saturated carbocycles. The third kappa shape index (κ3) is 2.42. The Morgan fingerprint density at radius 3 is 2.89 bits per heavy atom. The Labute approximate surface area is 111 Å². The average Bonchev–Trinajstić information content (AvgIpc) is 2.80. The lowest BCUT2D eigenvalue weighted by Crippen LogP contribution is -2.34. The Balaban J connectivity index is 1.79. The number of thiazole rings is 1. The van der Waals surface area contributed by atoms with Crippen molar-refractivity contribution in [2.24, 2.45) is 0 Å². The Morgan fingerprint density at radius 1 is 1.28 bits per heavy atom. The number of piperidine rings is 1. The molecule has 1 fully saturated rings. The van der Waals surface area contributed by atoms with Crippen LogP contribution in [-0.2, 0) is 0 Å². The van der Waals surface area contributed by atoms with E-state index in [0.29, 0.717) is 0 Å². The summed E-state index contributed by atoms with van der Waals surface area (Å²) in [5, 5.41) is 3.23. The van der Waals surface area contributed by atoms with Gasteiger partial charge in [-0.2, -0.15) is 0 Å². The largest absolute Gasteiger partial charge is 0.497 e. The smallest absolute Gasteiger partial charge is 0.198 e. The minimum Gasteiger partial charge on any atom is -0.497 e. The normalized spacial score (nSPS) is 16.9. The molecule has 1 N–H and O–H groups in total. The monoisotopic (exact) mass is 263 g/mol. The molecule has 1 saturated heterocycles. The highest BCUT2D eigenvalue weighted by Gasteiger charge is 2.12. The maximum absolute atomic E-state index is 5.23. The van der Waals surface area contributed by atoms with Gasteiger partial charge in [0.25, 0.3) is 0 Å². The summed E-state index contributed by atoms with van der Waals surface area (Å²) in [5.74, 6) is 0.885. The molecule has 96 valence electrons. The summed E-state index contributed by atoms with van der Waals surface area (Å²) >= 11 is 1.68. The van der Waals surface area contributed by atoms with E-state index in [1.807, 2.05) is 18.2 Å². The molecule has 3 rings (SSSR count). The van der Waals surface area contributed by atoms with E-state index in [0.717, 1.165) is 34.2 Å². The third-order valence-electron chi connectivity index (χ3n) is 3.21. The van der Waals surface area contributed by atoms with Crippen molar-refractivity contribution in [3.05, 3.63) is 18.2 Å². The first-order valence-electron chi connectivity index (χ1n) is 6.31. The number of anilines is 1. The van der Waals surface area contributed by atoms with Gasteiger partial charge in [-0.15, -0.1) is 0 Å². The summed E-state index contributed by atoms with van der Waals surface area (Å²) in [6.07, 6.45) is 3.88. The summed E-state index contributed by atoms with van der Waals surface area (Å²) in [6.45, 7) is 2.22. The second-order valence-corrected chi connectivity index (χ2v) is 5.54. The van der Waals surface area contributed by atoms with E-state index < -0.39 is 0 Å². The summed E-state index contributed by atoms with van der Waals surface area (Å²) in [7, 11) is 1.69. The summed E-state index contributed by atoms with van der Waals surface area (Å²) in [6, 6.07) is 5.99. The number of hydrazine groups is 1. The number of nitrogens with zero attached hydrogens (tertiary/aromatic N) is 2. The van der Waals surface area contributed by atoms with Gasteiger partial charge in [-0.05, 0) is 31.0 Å². The fourth-order valence-corrected chi connectivity index (χ4v) is 3.14. The molecule has 0 unspecified atom stereocenters. The third-order valence-corrected chi connectivity index (χ3v) is 4.13. The first-order valence-corrected chi connectivity index (χ1v) is 7.13.